The number of hydrogen-bond donors (Lipinski definition) is 0. The standard InChI is InChI=1S/C25H24N2O3/c1-16-8-10-17(11-9-16)21-15-22-19-6-4-5-7-24(19)30-25(27(22)26-21)20-14-18(28-2)12-13-23(20)29-3/h4-14,22,25H,15H2,1-3H3/t22-,25-/m0/s1. The number of rotatable bonds is 4. The molecule has 0 amide bonds. The lowest BCUT2D eigenvalue weighted by atomic mass is 9.95. The van der Waals surface area contributed by atoms with Crippen molar-refractivity contribution in [3.05, 3.63) is 89.0 Å². The predicted molar refractivity (Wildman–Crippen MR) is 116 cm³/mol. The zero-order chi connectivity index (χ0) is 20.7. The van der Waals surface area contributed by atoms with E-state index in [0.29, 0.717) is 0 Å². The lowest BCUT2D eigenvalue weighted by molar-refractivity contribution is -0.0204. The van der Waals surface area contributed by atoms with Gasteiger partial charge in [-0.2, -0.15) is 5.10 Å². The third kappa shape index (κ3) is 3.07. The van der Waals surface area contributed by atoms with Crippen LogP contribution < -0.4 is 14.2 Å². The van der Waals surface area contributed by atoms with Crippen LogP contribution in [0.4, 0.5) is 0 Å². The Labute approximate surface area is 176 Å². The number of nitrogens with zero attached hydrogens (tertiary/aromatic N) is 2. The Kier molecular flexibility index (Phi) is 4.58. The van der Waals surface area contributed by atoms with Gasteiger partial charge in [0.15, 0.2) is 0 Å². The third-order valence-electron chi connectivity index (χ3n) is 5.79. The summed E-state index contributed by atoms with van der Waals surface area (Å²) in [4.78, 5) is 0. The normalized spacial score (nSPS) is 19.4. The molecule has 5 heteroatoms. The summed E-state index contributed by atoms with van der Waals surface area (Å²) in [5.74, 6) is 2.39. The fourth-order valence-electron chi connectivity index (χ4n) is 4.19. The van der Waals surface area contributed by atoms with E-state index in [4.69, 9.17) is 19.3 Å². The Morgan fingerprint density at radius 2 is 1.73 bits per heavy atom. The quantitative estimate of drug-likeness (QED) is 0.600. The molecule has 0 fully saturated rings. The minimum atomic E-state index is -0.405. The molecule has 0 unspecified atom stereocenters. The van der Waals surface area contributed by atoms with Crippen molar-refractivity contribution in [1.29, 1.82) is 0 Å². The van der Waals surface area contributed by atoms with Crippen molar-refractivity contribution < 1.29 is 14.2 Å². The topological polar surface area (TPSA) is 43.3 Å². The van der Waals surface area contributed by atoms with Crippen LogP contribution in [0.5, 0.6) is 17.2 Å². The molecule has 0 saturated carbocycles. The first kappa shape index (κ1) is 18.6. The van der Waals surface area contributed by atoms with Crippen molar-refractivity contribution >= 4 is 5.71 Å². The molecule has 30 heavy (non-hydrogen) atoms. The Hall–Kier alpha value is -3.47. The van der Waals surface area contributed by atoms with Crippen LogP contribution >= 0.6 is 0 Å². The van der Waals surface area contributed by atoms with Gasteiger partial charge in [0.2, 0.25) is 6.23 Å². The van der Waals surface area contributed by atoms with E-state index in [-0.39, 0.29) is 6.04 Å². The fourth-order valence-corrected chi connectivity index (χ4v) is 4.19. The van der Waals surface area contributed by atoms with Gasteiger partial charge >= 0.3 is 0 Å². The molecular weight excluding hydrogens is 376 g/mol. The van der Waals surface area contributed by atoms with E-state index in [1.807, 2.05) is 30.3 Å². The van der Waals surface area contributed by atoms with Gasteiger partial charge in [-0.15, -0.1) is 0 Å². The summed E-state index contributed by atoms with van der Waals surface area (Å²) in [6, 6.07) is 22.6. The number of ether oxygens (including phenoxy) is 3. The maximum atomic E-state index is 6.46. The molecule has 5 nitrogen and oxygen atoms in total. The van der Waals surface area contributed by atoms with Crippen LogP contribution in [0.25, 0.3) is 0 Å². The Bertz CT molecular complexity index is 1110. The maximum Gasteiger partial charge on any atom is 0.217 e. The first-order valence-electron chi connectivity index (χ1n) is 10.1. The van der Waals surface area contributed by atoms with Crippen LogP contribution in [0.2, 0.25) is 0 Å². The lowest BCUT2D eigenvalue weighted by Crippen LogP contribution is -2.33. The number of fused-ring (bicyclic) bond motifs is 3. The SMILES string of the molecule is COc1ccc(OC)c([C@@H]2Oc3ccccc3[C@@H]3CC(c4ccc(C)cc4)=NN32)c1. The molecule has 3 aromatic rings. The highest BCUT2D eigenvalue weighted by atomic mass is 16.5. The highest BCUT2D eigenvalue weighted by molar-refractivity contribution is 6.02. The van der Waals surface area contributed by atoms with Crippen molar-refractivity contribution in [3.63, 3.8) is 0 Å². The van der Waals surface area contributed by atoms with E-state index in [1.54, 1.807) is 14.2 Å². The second kappa shape index (κ2) is 7.41. The number of methoxy groups -OCH3 is 2. The molecule has 0 aromatic heterocycles. The first-order valence-corrected chi connectivity index (χ1v) is 10.1. The smallest absolute Gasteiger partial charge is 0.217 e. The fraction of sp³-hybridized carbons (Fsp3) is 0.240. The van der Waals surface area contributed by atoms with Gasteiger partial charge in [0, 0.05) is 12.0 Å². The summed E-state index contributed by atoms with van der Waals surface area (Å²) in [5, 5.41) is 7.09. The number of para-hydroxylation sites is 1. The van der Waals surface area contributed by atoms with Gasteiger partial charge < -0.3 is 14.2 Å². The van der Waals surface area contributed by atoms with Crippen molar-refractivity contribution in [2.45, 2.75) is 25.6 Å². The third-order valence-corrected chi connectivity index (χ3v) is 5.79. The number of hydrazone groups is 1. The van der Waals surface area contributed by atoms with Gasteiger partial charge in [0.1, 0.15) is 17.2 Å². The summed E-state index contributed by atoms with van der Waals surface area (Å²) < 4.78 is 17.6. The molecule has 2 heterocycles. The van der Waals surface area contributed by atoms with Crippen LogP contribution in [-0.4, -0.2) is 24.9 Å². The van der Waals surface area contributed by atoms with E-state index in [0.717, 1.165) is 46.1 Å². The van der Waals surface area contributed by atoms with Gasteiger partial charge in [-0.05, 0) is 36.8 Å². The van der Waals surface area contributed by atoms with Crippen molar-refractivity contribution in [1.82, 2.24) is 5.01 Å². The highest BCUT2D eigenvalue weighted by Crippen LogP contribution is 2.49. The molecular formula is C25H24N2O3. The zero-order valence-corrected chi connectivity index (χ0v) is 17.3. The molecule has 5 rings (SSSR count). The largest absolute Gasteiger partial charge is 0.497 e. The Morgan fingerprint density at radius 3 is 2.50 bits per heavy atom. The average Bonchev–Trinajstić information content (AvgIpc) is 3.24. The van der Waals surface area contributed by atoms with E-state index < -0.39 is 6.23 Å². The number of hydrogen-bond acceptors (Lipinski definition) is 5. The molecule has 2 aliphatic heterocycles. The van der Waals surface area contributed by atoms with Gasteiger partial charge in [0.25, 0.3) is 0 Å². The van der Waals surface area contributed by atoms with Crippen molar-refractivity contribution in [2.24, 2.45) is 5.10 Å². The van der Waals surface area contributed by atoms with Crippen LogP contribution in [0, 0.1) is 6.92 Å². The minimum absolute atomic E-state index is 0.104. The molecule has 152 valence electrons. The predicted octanol–water partition coefficient (Wildman–Crippen LogP) is 5.25. The van der Waals surface area contributed by atoms with E-state index >= 15 is 0 Å². The summed E-state index contributed by atoms with van der Waals surface area (Å²) in [7, 11) is 3.33. The minimum Gasteiger partial charge on any atom is -0.497 e. The van der Waals surface area contributed by atoms with E-state index in [2.05, 4.69) is 48.3 Å². The summed E-state index contributed by atoms with van der Waals surface area (Å²) >= 11 is 0. The van der Waals surface area contributed by atoms with Crippen LogP contribution in [0.3, 0.4) is 0 Å². The van der Waals surface area contributed by atoms with E-state index in [9.17, 15) is 0 Å². The van der Waals surface area contributed by atoms with Crippen LogP contribution in [0.1, 0.15) is 40.9 Å². The van der Waals surface area contributed by atoms with E-state index in [1.165, 1.54) is 5.56 Å². The Balaban J connectivity index is 1.62. The molecule has 0 aliphatic carbocycles. The molecule has 3 aromatic carbocycles. The van der Waals surface area contributed by atoms with Gasteiger partial charge in [-0.1, -0.05) is 48.0 Å². The summed E-state index contributed by atoms with van der Waals surface area (Å²) in [6.45, 7) is 2.10. The highest BCUT2D eigenvalue weighted by Gasteiger charge is 2.42. The maximum absolute atomic E-state index is 6.46. The first-order chi connectivity index (χ1) is 14.7. The second-order valence-corrected chi connectivity index (χ2v) is 7.63. The van der Waals surface area contributed by atoms with Gasteiger partial charge in [0.05, 0.1) is 31.5 Å². The molecule has 0 bridgehead atoms. The zero-order valence-electron chi connectivity index (χ0n) is 17.3. The van der Waals surface area contributed by atoms with Crippen molar-refractivity contribution in [2.75, 3.05) is 14.2 Å². The average molecular weight is 400 g/mol. The summed E-state index contributed by atoms with van der Waals surface area (Å²) in [6.07, 6.45) is 0.421. The molecule has 0 radical (unpaired) electrons. The second-order valence-electron chi connectivity index (χ2n) is 7.63. The number of benzene rings is 3. The molecule has 0 N–H and O–H groups in total. The van der Waals surface area contributed by atoms with Crippen LogP contribution in [0.15, 0.2) is 71.8 Å². The molecule has 2 atom stereocenters. The van der Waals surface area contributed by atoms with Crippen LogP contribution in [-0.2, 0) is 0 Å². The molecule has 0 spiro atoms. The van der Waals surface area contributed by atoms with Crippen molar-refractivity contribution in [3.8, 4) is 17.2 Å². The molecule has 2 aliphatic rings. The number of aryl methyl sites for hydroxylation is 1. The molecule has 0 saturated heterocycles. The summed E-state index contributed by atoms with van der Waals surface area (Å²) in [5.41, 5.74) is 5.49. The monoisotopic (exact) mass is 400 g/mol. The van der Waals surface area contributed by atoms with Gasteiger partial charge in [-0.25, -0.2) is 5.01 Å². The van der Waals surface area contributed by atoms with Gasteiger partial charge in [-0.3, -0.25) is 0 Å². The Morgan fingerprint density at radius 1 is 0.933 bits per heavy atom. The lowest BCUT2D eigenvalue weighted by Gasteiger charge is -2.38.